The van der Waals surface area contributed by atoms with Crippen molar-refractivity contribution in [3.63, 3.8) is 0 Å². The van der Waals surface area contributed by atoms with Crippen LogP contribution in [-0.2, 0) is 9.59 Å². The molecule has 0 spiro atoms. The van der Waals surface area contributed by atoms with Crippen molar-refractivity contribution in [1.29, 1.82) is 0 Å². The predicted octanol–water partition coefficient (Wildman–Crippen LogP) is 4.34. The fourth-order valence-corrected chi connectivity index (χ4v) is 4.76. The SMILES string of the molecule is COc1ccc([N+](=O)[O-])cc1NC(=O)CC1SC(=Nc2ccc(C)c(C)c2)N(C2CC2)C1=O. The van der Waals surface area contributed by atoms with E-state index in [0.717, 1.165) is 24.1 Å². The number of amidine groups is 1. The van der Waals surface area contributed by atoms with E-state index in [0.29, 0.717) is 10.9 Å². The van der Waals surface area contributed by atoms with E-state index in [1.54, 1.807) is 4.90 Å². The molecule has 1 saturated heterocycles. The predicted molar refractivity (Wildman–Crippen MR) is 127 cm³/mol. The van der Waals surface area contributed by atoms with Crippen molar-refractivity contribution in [2.45, 2.75) is 44.4 Å². The average Bonchev–Trinajstić information content (AvgIpc) is 3.56. The summed E-state index contributed by atoms with van der Waals surface area (Å²) in [5.74, 6) is -0.259. The van der Waals surface area contributed by atoms with Crippen LogP contribution in [0, 0.1) is 24.0 Å². The average molecular weight is 469 g/mol. The lowest BCUT2D eigenvalue weighted by Gasteiger charge is -2.15. The van der Waals surface area contributed by atoms with Gasteiger partial charge >= 0.3 is 0 Å². The summed E-state index contributed by atoms with van der Waals surface area (Å²) >= 11 is 1.28. The summed E-state index contributed by atoms with van der Waals surface area (Å²) in [5, 5.41) is 13.7. The second-order valence-corrected chi connectivity index (χ2v) is 9.27. The van der Waals surface area contributed by atoms with Crippen molar-refractivity contribution in [2.24, 2.45) is 4.99 Å². The van der Waals surface area contributed by atoms with Gasteiger partial charge in [-0.25, -0.2) is 4.99 Å². The maximum atomic E-state index is 13.1. The molecule has 0 bridgehead atoms. The minimum absolute atomic E-state index is 0.0789. The number of aryl methyl sites for hydroxylation is 2. The third-order valence-corrected chi connectivity index (χ3v) is 6.78. The first-order valence-electron chi connectivity index (χ1n) is 10.5. The minimum Gasteiger partial charge on any atom is -0.495 e. The Morgan fingerprint density at radius 1 is 1.24 bits per heavy atom. The number of nitro groups is 1. The highest BCUT2D eigenvalue weighted by molar-refractivity contribution is 8.15. The van der Waals surface area contributed by atoms with Crippen molar-refractivity contribution in [1.82, 2.24) is 4.90 Å². The number of thioether (sulfide) groups is 1. The normalized spacial score (nSPS) is 19.1. The Labute approximate surface area is 195 Å². The second-order valence-electron chi connectivity index (χ2n) is 8.10. The van der Waals surface area contributed by atoms with Crippen LogP contribution in [0.2, 0.25) is 0 Å². The molecular weight excluding hydrogens is 444 g/mol. The summed E-state index contributed by atoms with van der Waals surface area (Å²) < 4.78 is 5.19. The van der Waals surface area contributed by atoms with Crippen LogP contribution in [0.3, 0.4) is 0 Å². The quantitative estimate of drug-likeness (QED) is 0.477. The van der Waals surface area contributed by atoms with Gasteiger partial charge in [-0.3, -0.25) is 24.6 Å². The van der Waals surface area contributed by atoms with Crippen molar-refractivity contribution in [3.05, 3.63) is 57.6 Å². The smallest absolute Gasteiger partial charge is 0.271 e. The minimum atomic E-state index is -0.611. The standard InChI is InChI=1S/C23H24N4O5S/c1-13-4-5-15(10-14(13)2)24-23-26(16-6-7-16)22(29)20(33-23)12-21(28)25-18-11-17(27(30)31)8-9-19(18)32-3/h4-5,8-11,16,20H,6-7,12H2,1-3H3,(H,25,28). The topological polar surface area (TPSA) is 114 Å². The summed E-state index contributed by atoms with van der Waals surface area (Å²) in [6, 6.07) is 9.98. The van der Waals surface area contributed by atoms with Crippen LogP contribution < -0.4 is 10.1 Å². The van der Waals surface area contributed by atoms with Crippen LogP contribution in [0.25, 0.3) is 0 Å². The highest BCUT2D eigenvalue weighted by atomic mass is 32.2. The van der Waals surface area contributed by atoms with Crippen LogP contribution in [0.15, 0.2) is 41.4 Å². The van der Waals surface area contributed by atoms with E-state index in [2.05, 4.69) is 5.32 Å². The number of methoxy groups -OCH3 is 1. The van der Waals surface area contributed by atoms with Gasteiger partial charge in [-0.1, -0.05) is 17.8 Å². The zero-order valence-corrected chi connectivity index (χ0v) is 19.3. The Morgan fingerprint density at radius 2 is 2.00 bits per heavy atom. The number of carbonyl (C=O) groups excluding carboxylic acids is 2. The molecule has 172 valence electrons. The number of rotatable bonds is 7. The number of nitrogens with zero attached hydrogens (tertiary/aromatic N) is 3. The Balaban J connectivity index is 1.51. The van der Waals surface area contributed by atoms with Crippen molar-refractivity contribution in [2.75, 3.05) is 12.4 Å². The summed E-state index contributed by atoms with van der Waals surface area (Å²) in [4.78, 5) is 42.8. The Bertz CT molecular complexity index is 1160. The fourth-order valence-electron chi connectivity index (χ4n) is 3.54. The molecule has 1 N–H and O–H groups in total. The van der Waals surface area contributed by atoms with Crippen LogP contribution in [0.4, 0.5) is 17.1 Å². The highest BCUT2D eigenvalue weighted by Gasteiger charge is 2.46. The van der Waals surface area contributed by atoms with E-state index < -0.39 is 16.1 Å². The lowest BCUT2D eigenvalue weighted by Crippen LogP contribution is -2.35. The number of carbonyl (C=O) groups is 2. The molecule has 1 aliphatic carbocycles. The first kappa shape index (κ1) is 22.8. The number of ether oxygens (including phenoxy) is 1. The van der Waals surface area contributed by atoms with Crippen molar-refractivity contribution < 1.29 is 19.2 Å². The van der Waals surface area contributed by atoms with E-state index in [-0.39, 0.29) is 29.7 Å². The molecule has 1 aliphatic heterocycles. The van der Waals surface area contributed by atoms with Gasteiger partial charge in [0.2, 0.25) is 11.8 Å². The first-order chi connectivity index (χ1) is 15.8. The third-order valence-electron chi connectivity index (χ3n) is 5.63. The van der Waals surface area contributed by atoms with Gasteiger partial charge in [0.1, 0.15) is 11.0 Å². The van der Waals surface area contributed by atoms with Crippen LogP contribution >= 0.6 is 11.8 Å². The molecule has 9 nitrogen and oxygen atoms in total. The van der Waals surface area contributed by atoms with Gasteiger partial charge < -0.3 is 10.1 Å². The molecule has 0 radical (unpaired) electrons. The van der Waals surface area contributed by atoms with Gasteiger partial charge in [0.15, 0.2) is 5.17 Å². The second kappa shape index (κ2) is 9.22. The lowest BCUT2D eigenvalue weighted by atomic mass is 10.1. The van der Waals surface area contributed by atoms with Crippen molar-refractivity contribution in [3.8, 4) is 5.75 Å². The largest absolute Gasteiger partial charge is 0.495 e. The fraction of sp³-hybridized carbons (Fsp3) is 0.348. The van der Waals surface area contributed by atoms with E-state index in [1.165, 1.54) is 42.6 Å². The number of nitrogens with one attached hydrogen (secondary N) is 1. The van der Waals surface area contributed by atoms with Gasteiger partial charge in [-0.15, -0.1) is 0 Å². The number of anilines is 1. The Hall–Kier alpha value is -3.40. The molecule has 2 aliphatic rings. The van der Waals surface area contributed by atoms with Gasteiger partial charge in [-0.05, 0) is 56.0 Å². The van der Waals surface area contributed by atoms with E-state index >= 15 is 0 Å². The first-order valence-corrected chi connectivity index (χ1v) is 11.4. The molecule has 1 saturated carbocycles. The molecule has 10 heteroatoms. The number of aliphatic imine (C=N–C) groups is 1. The maximum Gasteiger partial charge on any atom is 0.271 e. The molecule has 1 unspecified atom stereocenters. The number of hydrogen-bond acceptors (Lipinski definition) is 7. The molecule has 2 aromatic carbocycles. The summed E-state index contributed by atoms with van der Waals surface area (Å²) in [6.45, 7) is 4.04. The zero-order valence-electron chi connectivity index (χ0n) is 18.5. The molecule has 2 amide bonds. The van der Waals surface area contributed by atoms with Crippen LogP contribution in [0.5, 0.6) is 5.75 Å². The van der Waals surface area contributed by atoms with Gasteiger partial charge in [0.25, 0.3) is 5.69 Å². The maximum absolute atomic E-state index is 13.1. The van der Waals surface area contributed by atoms with Crippen molar-refractivity contribution >= 4 is 45.8 Å². The van der Waals surface area contributed by atoms with Gasteiger partial charge in [0.05, 0.1) is 23.4 Å². The molecule has 33 heavy (non-hydrogen) atoms. The molecule has 1 atom stereocenters. The lowest BCUT2D eigenvalue weighted by molar-refractivity contribution is -0.384. The van der Waals surface area contributed by atoms with Gasteiger partial charge in [0, 0.05) is 24.6 Å². The molecule has 2 aromatic rings. The molecule has 2 fully saturated rings. The molecule has 0 aromatic heterocycles. The van der Waals surface area contributed by atoms with Crippen LogP contribution in [-0.4, -0.2) is 45.2 Å². The number of amides is 2. The highest BCUT2D eigenvalue weighted by Crippen LogP contribution is 2.40. The summed E-state index contributed by atoms with van der Waals surface area (Å²) in [5.41, 5.74) is 3.08. The van der Waals surface area contributed by atoms with Crippen LogP contribution in [0.1, 0.15) is 30.4 Å². The number of nitro benzene ring substituents is 1. The third kappa shape index (κ3) is 5.00. The number of benzene rings is 2. The monoisotopic (exact) mass is 468 g/mol. The van der Waals surface area contributed by atoms with E-state index in [1.807, 2.05) is 32.0 Å². The number of hydrogen-bond donors (Lipinski definition) is 1. The van der Waals surface area contributed by atoms with E-state index in [9.17, 15) is 19.7 Å². The molecule has 4 rings (SSSR count). The Kier molecular flexibility index (Phi) is 6.37. The summed E-state index contributed by atoms with van der Waals surface area (Å²) in [6.07, 6.45) is 1.76. The zero-order chi connectivity index (χ0) is 23.7. The summed E-state index contributed by atoms with van der Waals surface area (Å²) in [7, 11) is 1.41. The number of non-ortho nitro benzene ring substituents is 1. The van der Waals surface area contributed by atoms with E-state index in [4.69, 9.17) is 9.73 Å². The molecule has 1 heterocycles. The van der Waals surface area contributed by atoms with Gasteiger partial charge in [-0.2, -0.15) is 0 Å². The Morgan fingerprint density at radius 3 is 2.64 bits per heavy atom. The molecular formula is C23H24N4O5S.